The van der Waals surface area contributed by atoms with Crippen LogP contribution in [0.4, 0.5) is 5.69 Å². The number of halogens is 1. The Bertz CT molecular complexity index is 1350. The predicted molar refractivity (Wildman–Crippen MR) is 136 cm³/mol. The van der Waals surface area contributed by atoms with Crippen LogP contribution in [0.15, 0.2) is 64.2 Å². The van der Waals surface area contributed by atoms with Crippen LogP contribution in [0.5, 0.6) is 0 Å². The van der Waals surface area contributed by atoms with Crippen LogP contribution >= 0.6 is 27.7 Å². The van der Waals surface area contributed by atoms with Crippen molar-refractivity contribution in [1.29, 1.82) is 0 Å². The summed E-state index contributed by atoms with van der Waals surface area (Å²) in [4.78, 5) is 33.8. The molecule has 2 heterocycles. The van der Waals surface area contributed by atoms with E-state index in [1.165, 1.54) is 18.9 Å². The maximum atomic E-state index is 13.2. The van der Waals surface area contributed by atoms with Crippen molar-refractivity contribution in [2.45, 2.75) is 24.8 Å². The lowest BCUT2D eigenvalue weighted by Crippen LogP contribution is -2.15. The number of hydrogen-bond acceptors (Lipinski definition) is 8. The third-order valence-corrected chi connectivity index (χ3v) is 6.30. The highest BCUT2D eigenvalue weighted by Crippen LogP contribution is 2.25. The van der Waals surface area contributed by atoms with Crippen molar-refractivity contribution >= 4 is 45.3 Å². The highest BCUT2D eigenvalue weighted by Gasteiger charge is 2.22. The van der Waals surface area contributed by atoms with Crippen LogP contribution in [-0.4, -0.2) is 43.9 Å². The summed E-state index contributed by atoms with van der Waals surface area (Å²) < 4.78 is 7.27. The van der Waals surface area contributed by atoms with Crippen LogP contribution in [0.3, 0.4) is 0 Å². The van der Waals surface area contributed by atoms with Gasteiger partial charge in [-0.25, -0.2) is 19.4 Å². The molecule has 4 aromatic rings. The number of nitrogens with zero attached hydrogens (tertiary/aromatic N) is 5. The minimum atomic E-state index is -0.451. The van der Waals surface area contributed by atoms with Gasteiger partial charge in [-0.15, -0.1) is 5.10 Å². The molecular formula is C24H21BrN6O3S. The summed E-state index contributed by atoms with van der Waals surface area (Å²) in [6, 6.07) is 15.9. The number of anilines is 1. The normalized spacial score (nSPS) is 10.7. The molecule has 0 saturated carbocycles. The Morgan fingerprint density at radius 2 is 1.69 bits per heavy atom. The van der Waals surface area contributed by atoms with Crippen molar-refractivity contribution in [3.05, 3.63) is 87.4 Å². The van der Waals surface area contributed by atoms with Crippen molar-refractivity contribution in [2.75, 3.05) is 12.4 Å². The number of amides is 1. The lowest BCUT2D eigenvalue weighted by atomic mass is 10.2. The monoisotopic (exact) mass is 552 g/mol. The molecule has 11 heteroatoms. The Labute approximate surface area is 214 Å². The maximum absolute atomic E-state index is 13.2. The first kappa shape index (κ1) is 24.6. The van der Waals surface area contributed by atoms with Crippen LogP contribution in [0, 0.1) is 13.8 Å². The zero-order valence-corrected chi connectivity index (χ0v) is 21.6. The van der Waals surface area contributed by atoms with E-state index in [0.717, 1.165) is 21.5 Å². The molecule has 35 heavy (non-hydrogen) atoms. The average molecular weight is 553 g/mol. The molecule has 0 atom stereocenters. The van der Waals surface area contributed by atoms with E-state index in [1.807, 2.05) is 44.2 Å². The van der Waals surface area contributed by atoms with Gasteiger partial charge in [-0.05, 0) is 68.4 Å². The number of carbonyl (C=O) groups excluding carboxylic acids is 2. The topological polar surface area (TPSA) is 112 Å². The smallest absolute Gasteiger partial charge is 0.337 e. The Hall–Kier alpha value is -3.57. The number of hydrogen-bond donors (Lipinski definition) is 1. The second kappa shape index (κ2) is 10.8. The standard InChI is InChI=1S/C24H21BrN6O3S/c1-14-12-15(2)27-24(26-14)35-13-20-21(29-30-31(20)19-10-6-17(25)7-11-19)22(32)28-18-8-4-16(5-9-18)23(33)34-3/h4-12H,13H2,1-3H3,(H,28,32). The molecule has 4 rings (SSSR count). The average Bonchev–Trinajstić information content (AvgIpc) is 3.26. The number of aromatic nitrogens is 5. The van der Waals surface area contributed by atoms with E-state index in [-0.39, 0.29) is 5.69 Å². The van der Waals surface area contributed by atoms with Crippen LogP contribution < -0.4 is 5.32 Å². The third-order valence-electron chi connectivity index (χ3n) is 4.91. The Morgan fingerprint density at radius 1 is 1.03 bits per heavy atom. The van der Waals surface area contributed by atoms with Crippen molar-refractivity contribution in [3.8, 4) is 5.69 Å². The van der Waals surface area contributed by atoms with Crippen LogP contribution in [0.2, 0.25) is 0 Å². The fourth-order valence-corrected chi connectivity index (χ4v) is 4.49. The number of nitrogens with one attached hydrogen (secondary N) is 1. The SMILES string of the molecule is COC(=O)c1ccc(NC(=O)c2nnn(-c3ccc(Br)cc3)c2CSc2nc(C)cc(C)n2)cc1. The van der Waals surface area contributed by atoms with E-state index in [4.69, 9.17) is 4.74 Å². The zero-order chi connectivity index (χ0) is 24.9. The minimum absolute atomic E-state index is 0.182. The predicted octanol–water partition coefficient (Wildman–Crippen LogP) is 4.77. The van der Waals surface area contributed by atoms with Gasteiger partial charge in [0, 0.05) is 27.3 Å². The Kier molecular flexibility index (Phi) is 7.57. The molecule has 2 aromatic heterocycles. The molecule has 1 amide bonds. The largest absolute Gasteiger partial charge is 0.465 e. The van der Waals surface area contributed by atoms with E-state index in [9.17, 15) is 9.59 Å². The third kappa shape index (κ3) is 5.92. The number of benzene rings is 2. The summed E-state index contributed by atoms with van der Waals surface area (Å²) in [7, 11) is 1.31. The highest BCUT2D eigenvalue weighted by molar-refractivity contribution is 9.10. The molecular weight excluding hydrogens is 532 g/mol. The molecule has 0 aliphatic carbocycles. The van der Waals surface area contributed by atoms with Crippen LogP contribution in [0.25, 0.3) is 5.69 Å². The Morgan fingerprint density at radius 3 is 2.31 bits per heavy atom. The summed E-state index contributed by atoms with van der Waals surface area (Å²) in [6.07, 6.45) is 0. The van der Waals surface area contributed by atoms with Crippen LogP contribution in [-0.2, 0) is 10.5 Å². The van der Waals surface area contributed by atoms with Gasteiger partial charge in [0.1, 0.15) is 0 Å². The first-order chi connectivity index (χ1) is 16.8. The van der Waals surface area contributed by atoms with Gasteiger partial charge in [-0.3, -0.25) is 4.79 Å². The molecule has 0 saturated heterocycles. The lowest BCUT2D eigenvalue weighted by molar-refractivity contribution is 0.0600. The molecule has 0 unspecified atom stereocenters. The van der Waals surface area contributed by atoms with Crippen molar-refractivity contribution in [3.63, 3.8) is 0 Å². The van der Waals surface area contributed by atoms with Gasteiger partial charge in [0.25, 0.3) is 5.91 Å². The second-order valence-electron chi connectivity index (χ2n) is 7.52. The van der Waals surface area contributed by atoms with Crippen molar-refractivity contribution in [1.82, 2.24) is 25.0 Å². The summed E-state index contributed by atoms with van der Waals surface area (Å²) in [5, 5.41) is 11.9. The molecule has 1 N–H and O–H groups in total. The van der Waals surface area contributed by atoms with E-state index >= 15 is 0 Å². The number of ether oxygens (including phenoxy) is 1. The molecule has 9 nitrogen and oxygen atoms in total. The maximum Gasteiger partial charge on any atom is 0.337 e. The quantitative estimate of drug-likeness (QED) is 0.198. The second-order valence-corrected chi connectivity index (χ2v) is 9.38. The number of aryl methyl sites for hydroxylation is 2. The van der Waals surface area contributed by atoms with Gasteiger partial charge in [0.05, 0.1) is 24.1 Å². The highest BCUT2D eigenvalue weighted by atomic mass is 79.9. The fourth-order valence-electron chi connectivity index (χ4n) is 3.29. The van der Waals surface area contributed by atoms with Crippen molar-refractivity contribution in [2.24, 2.45) is 0 Å². The van der Waals surface area contributed by atoms with Gasteiger partial charge in [0.15, 0.2) is 10.9 Å². The minimum Gasteiger partial charge on any atom is -0.465 e. The summed E-state index contributed by atoms with van der Waals surface area (Å²) >= 11 is 4.84. The molecule has 0 aliphatic rings. The molecule has 0 radical (unpaired) electrons. The van der Waals surface area contributed by atoms with Gasteiger partial charge in [0.2, 0.25) is 0 Å². The first-order valence-electron chi connectivity index (χ1n) is 10.5. The number of methoxy groups -OCH3 is 1. The molecule has 2 aromatic carbocycles. The summed E-state index contributed by atoms with van der Waals surface area (Å²) in [6.45, 7) is 3.83. The molecule has 0 bridgehead atoms. The van der Waals surface area contributed by atoms with Gasteiger partial charge in [-0.1, -0.05) is 32.9 Å². The van der Waals surface area contributed by atoms with Gasteiger partial charge >= 0.3 is 5.97 Å². The number of rotatable bonds is 7. The molecule has 178 valence electrons. The van der Waals surface area contributed by atoms with E-state index in [2.05, 4.69) is 41.5 Å². The van der Waals surface area contributed by atoms with Gasteiger partial charge < -0.3 is 10.1 Å². The van der Waals surface area contributed by atoms with Crippen molar-refractivity contribution < 1.29 is 14.3 Å². The number of carbonyl (C=O) groups is 2. The fraction of sp³-hybridized carbons (Fsp3) is 0.167. The zero-order valence-electron chi connectivity index (χ0n) is 19.2. The lowest BCUT2D eigenvalue weighted by Gasteiger charge is -2.09. The van der Waals surface area contributed by atoms with E-state index in [0.29, 0.717) is 27.9 Å². The number of thioether (sulfide) groups is 1. The van der Waals surface area contributed by atoms with E-state index in [1.54, 1.807) is 28.9 Å². The molecule has 0 aliphatic heterocycles. The first-order valence-corrected chi connectivity index (χ1v) is 12.3. The van der Waals surface area contributed by atoms with Crippen LogP contribution in [0.1, 0.15) is 37.9 Å². The van der Waals surface area contributed by atoms with E-state index < -0.39 is 11.9 Å². The van der Waals surface area contributed by atoms with Gasteiger partial charge in [-0.2, -0.15) is 0 Å². The summed E-state index contributed by atoms with van der Waals surface area (Å²) in [5.41, 5.74) is 4.18. The molecule has 0 fully saturated rings. The Balaban J connectivity index is 1.63. The number of esters is 1. The molecule has 0 spiro atoms. The summed E-state index contributed by atoms with van der Waals surface area (Å²) in [5.74, 6) is -0.500.